The molecule has 5 nitrogen and oxygen atoms in total. The Labute approximate surface area is 123 Å². The molecule has 1 N–H and O–H groups in total. The Balaban J connectivity index is 2.15. The monoisotopic (exact) mass is 286 g/mol. The van der Waals surface area contributed by atoms with Crippen LogP contribution >= 0.6 is 0 Å². The van der Waals surface area contributed by atoms with E-state index in [0.717, 1.165) is 27.7 Å². The van der Waals surface area contributed by atoms with Crippen LogP contribution in [0.3, 0.4) is 0 Å². The third-order valence-electron chi connectivity index (χ3n) is 3.63. The minimum absolute atomic E-state index is 0.159. The molecule has 0 saturated carbocycles. The molecule has 1 fully saturated rings. The largest absolute Gasteiger partial charge is 0.389 e. The first-order chi connectivity index (χ1) is 9.95. The first-order valence-electron chi connectivity index (χ1n) is 6.97. The molecular formula is C16H18N2O3. The van der Waals surface area contributed by atoms with Crippen molar-refractivity contribution in [1.82, 2.24) is 10.0 Å². The lowest BCUT2D eigenvalue weighted by molar-refractivity contribution is -0.0778. The molecule has 0 spiro atoms. The molecule has 1 amide bonds. The zero-order valence-electron chi connectivity index (χ0n) is 12.4. The number of pyridine rings is 1. The molecule has 1 aromatic heterocycles. The Morgan fingerprint density at radius 1 is 1.33 bits per heavy atom. The summed E-state index contributed by atoms with van der Waals surface area (Å²) >= 11 is 0. The lowest BCUT2D eigenvalue weighted by Gasteiger charge is -2.16. The molecule has 1 atom stereocenters. The summed E-state index contributed by atoms with van der Waals surface area (Å²) in [7, 11) is 0. The summed E-state index contributed by atoms with van der Waals surface area (Å²) in [6.07, 6.45) is -0.619. The van der Waals surface area contributed by atoms with Crippen LogP contribution in [0.15, 0.2) is 18.2 Å². The summed E-state index contributed by atoms with van der Waals surface area (Å²) in [6.45, 7) is 6.22. The third-order valence-corrected chi connectivity index (χ3v) is 3.63. The van der Waals surface area contributed by atoms with Crippen molar-refractivity contribution >= 4 is 16.8 Å². The molecule has 3 rings (SSSR count). The fourth-order valence-corrected chi connectivity index (χ4v) is 2.73. The van der Waals surface area contributed by atoms with Gasteiger partial charge in [-0.25, -0.2) is 5.06 Å². The van der Waals surface area contributed by atoms with E-state index in [1.165, 1.54) is 5.06 Å². The fraction of sp³-hybridized carbons (Fsp3) is 0.375. The van der Waals surface area contributed by atoms with E-state index in [-0.39, 0.29) is 19.1 Å². The van der Waals surface area contributed by atoms with E-state index >= 15 is 0 Å². The van der Waals surface area contributed by atoms with Gasteiger partial charge >= 0.3 is 0 Å². The maximum absolute atomic E-state index is 12.6. The molecule has 0 bridgehead atoms. The number of hydrogen-bond acceptors (Lipinski definition) is 4. The van der Waals surface area contributed by atoms with Crippen molar-refractivity contribution in [2.24, 2.45) is 0 Å². The number of aromatic nitrogens is 1. The van der Waals surface area contributed by atoms with Crippen LogP contribution in [0, 0.1) is 20.8 Å². The number of aliphatic hydroxyl groups excluding tert-OH is 1. The first-order valence-corrected chi connectivity index (χ1v) is 6.97. The Kier molecular flexibility index (Phi) is 3.39. The van der Waals surface area contributed by atoms with Gasteiger partial charge in [-0.15, -0.1) is 0 Å². The van der Waals surface area contributed by atoms with Crippen molar-refractivity contribution in [2.75, 3.05) is 13.2 Å². The van der Waals surface area contributed by atoms with E-state index in [0.29, 0.717) is 5.56 Å². The zero-order chi connectivity index (χ0) is 15.1. The predicted octanol–water partition coefficient (Wildman–Crippen LogP) is 1.91. The molecule has 21 heavy (non-hydrogen) atoms. The highest BCUT2D eigenvalue weighted by Gasteiger charge is 2.28. The van der Waals surface area contributed by atoms with Crippen LogP contribution in [-0.2, 0) is 4.84 Å². The molecule has 1 aromatic carbocycles. The summed E-state index contributed by atoms with van der Waals surface area (Å²) < 4.78 is 0. The molecule has 2 heterocycles. The quantitative estimate of drug-likeness (QED) is 0.870. The molecule has 5 heteroatoms. The van der Waals surface area contributed by atoms with Crippen LogP contribution < -0.4 is 0 Å². The number of hydroxylamine groups is 2. The van der Waals surface area contributed by atoms with Gasteiger partial charge in [-0.2, -0.15) is 0 Å². The van der Waals surface area contributed by atoms with Gasteiger partial charge in [-0.3, -0.25) is 14.6 Å². The second-order valence-corrected chi connectivity index (χ2v) is 5.61. The maximum Gasteiger partial charge on any atom is 0.278 e. The summed E-state index contributed by atoms with van der Waals surface area (Å²) in [5, 5.41) is 11.6. The van der Waals surface area contributed by atoms with Crippen molar-refractivity contribution < 1.29 is 14.7 Å². The van der Waals surface area contributed by atoms with Crippen LogP contribution in [0.4, 0.5) is 0 Å². The number of carbonyl (C=O) groups is 1. The van der Waals surface area contributed by atoms with Gasteiger partial charge < -0.3 is 5.11 Å². The van der Waals surface area contributed by atoms with Gasteiger partial charge in [-0.1, -0.05) is 11.6 Å². The smallest absolute Gasteiger partial charge is 0.278 e. The Bertz CT molecular complexity index is 727. The van der Waals surface area contributed by atoms with E-state index < -0.39 is 6.10 Å². The van der Waals surface area contributed by atoms with Crippen LogP contribution in [0.25, 0.3) is 10.9 Å². The van der Waals surface area contributed by atoms with E-state index in [2.05, 4.69) is 11.1 Å². The predicted molar refractivity (Wildman–Crippen MR) is 78.9 cm³/mol. The van der Waals surface area contributed by atoms with Gasteiger partial charge in [0.2, 0.25) is 0 Å². The molecule has 1 aliphatic heterocycles. The molecule has 0 radical (unpaired) electrons. The van der Waals surface area contributed by atoms with Crippen molar-refractivity contribution in [3.8, 4) is 0 Å². The minimum Gasteiger partial charge on any atom is -0.389 e. The second-order valence-electron chi connectivity index (χ2n) is 5.61. The molecule has 0 unspecified atom stereocenters. The van der Waals surface area contributed by atoms with Crippen LogP contribution in [-0.4, -0.2) is 40.3 Å². The number of amides is 1. The number of aliphatic hydroxyl groups is 1. The standard InChI is InChI=1S/C16H18N2O3/c1-9-4-10(2)15-13(5-9)14(6-11(3)17-15)16(20)18-7-12(19)8-21-18/h4-6,12,19H,7-8H2,1-3H3/t12-/m0/s1. The summed E-state index contributed by atoms with van der Waals surface area (Å²) in [5.74, 6) is -0.230. The topological polar surface area (TPSA) is 62.7 Å². The fourth-order valence-electron chi connectivity index (χ4n) is 2.73. The SMILES string of the molecule is Cc1cc(C)c2nc(C)cc(C(=O)N3C[C@H](O)CO3)c2c1. The Morgan fingerprint density at radius 2 is 2.10 bits per heavy atom. The number of nitrogens with zero attached hydrogens (tertiary/aromatic N) is 2. The first kappa shape index (κ1) is 14.0. The van der Waals surface area contributed by atoms with Gasteiger partial charge in [0, 0.05) is 11.1 Å². The van der Waals surface area contributed by atoms with E-state index in [1.54, 1.807) is 6.07 Å². The van der Waals surface area contributed by atoms with Crippen molar-refractivity contribution in [1.29, 1.82) is 0 Å². The summed E-state index contributed by atoms with van der Waals surface area (Å²) in [4.78, 5) is 22.4. The third kappa shape index (κ3) is 2.50. The zero-order valence-corrected chi connectivity index (χ0v) is 12.4. The molecule has 0 aliphatic carbocycles. The van der Waals surface area contributed by atoms with E-state index in [4.69, 9.17) is 4.84 Å². The van der Waals surface area contributed by atoms with Crippen molar-refractivity contribution in [2.45, 2.75) is 26.9 Å². The highest BCUT2D eigenvalue weighted by molar-refractivity contribution is 6.06. The lowest BCUT2D eigenvalue weighted by Crippen LogP contribution is -2.28. The number of benzene rings is 1. The number of carbonyl (C=O) groups excluding carboxylic acids is 1. The minimum atomic E-state index is -0.619. The van der Waals surface area contributed by atoms with Crippen molar-refractivity contribution in [3.63, 3.8) is 0 Å². The van der Waals surface area contributed by atoms with Gasteiger partial charge in [0.15, 0.2) is 0 Å². The van der Waals surface area contributed by atoms with Crippen LogP contribution in [0.1, 0.15) is 27.2 Å². The molecular weight excluding hydrogens is 268 g/mol. The number of aryl methyl sites for hydroxylation is 3. The maximum atomic E-state index is 12.6. The normalized spacial score (nSPS) is 18.5. The van der Waals surface area contributed by atoms with E-state index in [1.807, 2.05) is 26.8 Å². The number of β-amino-alcohol motifs (C(OH)–C–C–N with tert-alkyl or cyclic N) is 1. The molecule has 1 saturated heterocycles. The van der Waals surface area contributed by atoms with Gasteiger partial charge in [0.05, 0.1) is 17.6 Å². The van der Waals surface area contributed by atoms with Crippen LogP contribution in [0.5, 0.6) is 0 Å². The van der Waals surface area contributed by atoms with E-state index in [9.17, 15) is 9.90 Å². The Hall–Kier alpha value is -1.98. The molecule has 1 aliphatic rings. The number of rotatable bonds is 1. The molecule has 2 aromatic rings. The summed E-state index contributed by atoms with van der Waals surface area (Å²) in [6, 6.07) is 5.80. The highest BCUT2D eigenvalue weighted by Crippen LogP contribution is 2.25. The average Bonchev–Trinajstić information content (AvgIpc) is 2.85. The highest BCUT2D eigenvalue weighted by atomic mass is 16.7. The summed E-state index contributed by atoms with van der Waals surface area (Å²) in [5.41, 5.74) is 4.33. The van der Waals surface area contributed by atoms with Crippen LogP contribution in [0.2, 0.25) is 0 Å². The number of fused-ring (bicyclic) bond motifs is 1. The van der Waals surface area contributed by atoms with Gasteiger partial charge in [0.25, 0.3) is 5.91 Å². The van der Waals surface area contributed by atoms with Crippen molar-refractivity contribution in [3.05, 3.63) is 40.6 Å². The lowest BCUT2D eigenvalue weighted by atomic mass is 10.0. The average molecular weight is 286 g/mol. The Morgan fingerprint density at radius 3 is 2.76 bits per heavy atom. The second kappa shape index (κ2) is 5.09. The van der Waals surface area contributed by atoms with Gasteiger partial charge in [-0.05, 0) is 38.5 Å². The number of hydrogen-bond donors (Lipinski definition) is 1. The van der Waals surface area contributed by atoms with Gasteiger partial charge in [0.1, 0.15) is 12.7 Å². The molecule has 110 valence electrons.